The van der Waals surface area contributed by atoms with E-state index in [0.29, 0.717) is 16.7 Å². The molecule has 34 heavy (non-hydrogen) atoms. The molecule has 0 saturated heterocycles. The van der Waals surface area contributed by atoms with E-state index < -0.39 is 40.6 Å². The van der Waals surface area contributed by atoms with Crippen LogP contribution in [-0.4, -0.2) is 51.2 Å². The number of carboxylic acid groups (broad SMARTS) is 3. The van der Waals surface area contributed by atoms with Gasteiger partial charge in [-0.05, 0) is 77.6 Å². The highest BCUT2D eigenvalue weighted by atomic mass is 16.5. The fraction of sp³-hybridized carbons (Fsp3) is 0.120. The molecule has 0 unspecified atom stereocenters. The second-order valence-electron chi connectivity index (χ2n) is 7.49. The minimum absolute atomic E-state index is 0.145. The van der Waals surface area contributed by atoms with Crippen LogP contribution in [0.1, 0.15) is 43.0 Å². The van der Waals surface area contributed by atoms with Crippen LogP contribution in [-0.2, 0) is 9.59 Å². The molecule has 0 heterocycles. The number of carbonyl (C=O) groups excluding carboxylic acids is 1. The first-order valence-electron chi connectivity index (χ1n) is 9.88. The van der Waals surface area contributed by atoms with Gasteiger partial charge in [0, 0.05) is 0 Å². The molecule has 4 N–H and O–H groups in total. The summed E-state index contributed by atoms with van der Waals surface area (Å²) in [6, 6.07) is 5.13. The smallest absolute Gasteiger partial charge is 0.339 e. The van der Waals surface area contributed by atoms with Crippen LogP contribution in [0.15, 0.2) is 53.6 Å². The molecule has 0 saturated carbocycles. The van der Waals surface area contributed by atoms with E-state index in [9.17, 15) is 39.6 Å². The fourth-order valence-electron chi connectivity index (χ4n) is 3.77. The van der Waals surface area contributed by atoms with Crippen molar-refractivity contribution in [1.82, 2.24) is 0 Å². The maximum atomic E-state index is 12.0. The highest BCUT2D eigenvalue weighted by Gasteiger charge is 2.25. The van der Waals surface area contributed by atoms with E-state index in [4.69, 9.17) is 4.74 Å². The van der Waals surface area contributed by atoms with Crippen LogP contribution in [0.25, 0.3) is 5.57 Å². The Balaban J connectivity index is 2.50. The van der Waals surface area contributed by atoms with Gasteiger partial charge in [-0.2, -0.15) is 0 Å². The standard InChI is InChI=1S/C25H20O9/c1-11-12(2)22(34-3)18(25(32)33)10-15(11)21(13-4-6-19(26)16(8-13)23(28)29)14-5-7-20(27)17(9-14)24(30)31/h4-10,26H,1-3H3,(H,28,29)(H,30,31)(H,32,33). The summed E-state index contributed by atoms with van der Waals surface area (Å²) < 4.78 is 5.28. The van der Waals surface area contributed by atoms with Crippen LogP contribution in [0.5, 0.6) is 11.5 Å². The number of aromatic hydroxyl groups is 1. The fourth-order valence-corrected chi connectivity index (χ4v) is 3.77. The predicted octanol–water partition coefficient (Wildman–Crippen LogP) is 3.37. The topological polar surface area (TPSA) is 158 Å². The Morgan fingerprint density at radius 2 is 1.47 bits per heavy atom. The summed E-state index contributed by atoms with van der Waals surface area (Å²) in [5.74, 6) is -5.16. The van der Waals surface area contributed by atoms with Gasteiger partial charge in [0.15, 0.2) is 5.78 Å². The van der Waals surface area contributed by atoms with E-state index in [0.717, 1.165) is 12.2 Å². The van der Waals surface area contributed by atoms with Gasteiger partial charge < -0.3 is 25.2 Å². The number of ketones is 1. The van der Waals surface area contributed by atoms with Crippen molar-refractivity contribution in [3.63, 3.8) is 0 Å². The van der Waals surface area contributed by atoms with E-state index in [-0.39, 0.29) is 28.0 Å². The minimum atomic E-state index is -1.45. The Morgan fingerprint density at radius 3 is 2.03 bits per heavy atom. The van der Waals surface area contributed by atoms with Gasteiger partial charge in [-0.3, -0.25) is 4.79 Å². The first kappa shape index (κ1) is 24.0. The van der Waals surface area contributed by atoms with Gasteiger partial charge in [0.2, 0.25) is 0 Å². The van der Waals surface area contributed by atoms with Crippen molar-refractivity contribution in [2.24, 2.45) is 0 Å². The molecule has 0 atom stereocenters. The molecule has 0 spiro atoms. The SMILES string of the molecule is COc1c(C(=O)O)cc(C(=C2C=CC(=O)C(C(=O)O)=C2)c2ccc(O)c(C(=O)O)c2)c(C)c1C. The molecular weight excluding hydrogens is 444 g/mol. The van der Waals surface area contributed by atoms with Crippen molar-refractivity contribution in [2.75, 3.05) is 7.11 Å². The van der Waals surface area contributed by atoms with Gasteiger partial charge in [-0.25, -0.2) is 14.4 Å². The van der Waals surface area contributed by atoms with Crippen molar-refractivity contribution in [3.8, 4) is 11.5 Å². The Morgan fingerprint density at radius 1 is 0.824 bits per heavy atom. The Kier molecular flexibility index (Phi) is 6.40. The number of methoxy groups -OCH3 is 1. The number of hydrogen-bond donors (Lipinski definition) is 4. The third kappa shape index (κ3) is 4.18. The number of carboxylic acids is 3. The molecule has 174 valence electrons. The highest BCUT2D eigenvalue weighted by Crippen LogP contribution is 2.39. The van der Waals surface area contributed by atoms with Gasteiger partial charge in [0.05, 0.1) is 7.11 Å². The maximum Gasteiger partial charge on any atom is 0.339 e. The first-order chi connectivity index (χ1) is 16.0. The number of hydrogen-bond acceptors (Lipinski definition) is 6. The van der Waals surface area contributed by atoms with Crippen LogP contribution in [0.4, 0.5) is 0 Å². The molecule has 1 aliphatic rings. The average Bonchev–Trinajstić information content (AvgIpc) is 2.78. The molecule has 2 aromatic rings. The molecule has 3 rings (SSSR count). The monoisotopic (exact) mass is 464 g/mol. The zero-order valence-corrected chi connectivity index (χ0v) is 18.4. The number of aromatic carboxylic acids is 2. The Labute approximate surface area is 193 Å². The largest absolute Gasteiger partial charge is 0.507 e. The van der Waals surface area contributed by atoms with Crippen LogP contribution >= 0.6 is 0 Å². The molecule has 0 radical (unpaired) electrons. The lowest BCUT2D eigenvalue weighted by atomic mass is 9.84. The molecular formula is C25H20O9. The summed E-state index contributed by atoms with van der Waals surface area (Å²) in [7, 11) is 1.34. The van der Waals surface area contributed by atoms with Crippen LogP contribution in [0.3, 0.4) is 0 Å². The number of phenols is 1. The number of benzene rings is 2. The number of rotatable bonds is 6. The molecule has 0 bridgehead atoms. The normalized spacial score (nSPS) is 14.4. The van der Waals surface area contributed by atoms with Crippen molar-refractivity contribution >= 4 is 29.3 Å². The summed E-state index contributed by atoms with van der Waals surface area (Å²) in [5, 5.41) is 38.6. The number of allylic oxidation sites excluding steroid dienone is 4. The van der Waals surface area contributed by atoms with Crippen molar-refractivity contribution < 1.29 is 44.3 Å². The van der Waals surface area contributed by atoms with Gasteiger partial charge in [0.1, 0.15) is 28.2 Å². The predicted molar refractivity (Wildman–Crippen MR) is 120 cm³/mol. The van der Waals surface area contributed by atoms with Crippen molar-refractivity contribution in [3.05, 3.63) is 87.0 Å². The number of aliphatic carboxylic acids is 1. The highest BCUT2D eigenvalue weighted by molar-refractivity contribution is 6.23. The molecule has 0 aliphatic heterocycles. The minimum Gasteiger partial charge on any atom is -0.507 e. The van der Waals surface area contributed by atoms with Crippen molar-refractivity contribution in [1.29, 1.82) is 0 Å². The van der Waals surface area contributed by atoms with Gasteiger partial charge in [-0.15, -0.1) is 0 Å². The first-order valence-corrected chi connectivity index (χ1v) is 9.88. The van der Waals surface area contributed by atoms with Crippen LogP contribution < -0.4 is 4.74 Å². The van der Waals surface area contributed by atoms with Crippen LogP contribution in [0, 0.1) is 13.8 Å². The van der Waals surface area contributed by atoms with Crippen LogP contribution in [0.2, 0.25) is 0 Å². The summed E-state index contributed by atoms with van der Waals surface area (Å²) in [6.45, 7) is 3.36. The van der Waals surface area contributed by atoms with E-state index >= 15 is 0 Å². The Bertz CT molecular complexity index is 1360. The molecule has 0 amide bonds. The summed E-state index contributed by atoms with van der Waals surface area (Å²) in [6.07, 6.45) is 3.59. The lowest BCUT2D eigenvalue weighted by molar-refractivity contribution is -0.134. The van der Waals surface area contributed by atoms with E-state index in [1.54, 1.807) is 13.8 Å². The molecule has 1 aliphatic carbocycles. The van der Waals surface area contributed by atoms with Gasteiger partial charge in [0.25, 0.3) is 0 Å². The number of ether oxygens (including phenoxy) is 1. The molecule has 0 fully saturated rings. The van der Waals surface area contributed by atoms with E-state index in [1.807, 2.05) is 0 Å². The summed E-state index contributed by atoms with van der Waals surface area (Å²) >= 11 is 0. The number of carbonyl (C=O) groups is 4. The van der Waals surface area contributed by atoms with E-state index in [2.05, 4.69) is 0 Å². The van der Waals surface area contributed by atoms with E-state index in [1.165, 1.54) is 37.5 Å². The quantitative estimate of drug-likeness (QED) is 0.470. The molecule has 9 nitrogen and oxygen atoms in total. The molecule has 2 aromatic carbocycles. The lowest BCUT2D eigenvalue weighted by Gasteiger charge is -2.21. The maximum absolute atomic E-state index is 12.0. The zero-order chi connectivity index (χ0) is 25.3. The Hall–Kier alpha value is -4.66. The average molecular weight is 464 g/mol. The van der Waals surface area contributed by atoms with Gasteiger partial charge >= 0.3 is 17.9 Å². The second kappa shape index (κ2) is 9.07. The summed E-state index contributed by atoms with van der Waals surface area (Å²) in [4.78, 5) is 47.2. The zero-order valence-electron chi connectivity index (χ0n) is 18.4. The van der Waals surface area contributed by atoms with Gasteiger partial charge in [-0.1, -0.05) is 12.1 Å². The molecule has 0 aromatic heterocycles. The second-order valence-corrected chi connectivity index (χ2v) is 7.49. The summed E-state index contributed by atoms with van der Waals surface area (Å²) in [5.41, 5.74) is 1.15. The third-order valence-electron chi connectivity index (χ3n) is 5.56. The third-order valence-corrected chi connectivity index (χ3v) is 5.56. The lowest BCUT2D eigenvalue weighted by Crippen LogP contribution is -2.14. The van der Waals surface area contributed by atoms with Crippen molar-refractivity contribution in [2.45, 2.75) is 13.8 Å². The molecule has 9 heteroatoms.